The number of likely N-dealkylation sites (tertiary alicyclic amines) is 1. The maximum Gasteiger partial charge on any atom is 0.243 e. The van der Waals surface area contributed by atoms with Crippen molar-refractivity contribution in [3.8, 4) is 0 Å². The number of rotatable bonds is 5. The molecule has 1 aromatic rings. The normalized spacial score (nSPS) is 19.9. The fraction of sp³-hybridized carbons (Fsp3) is 0.667. The summed E-state index contributed by atoms with van der Waals surface area (Å²) in [6, 6.07) is 7.07. The molecule has 1 aliphatic heterocycles. The predicted octanol–water partition coefficient (Wildman–Crippen LogP) is 3.06. The summed E-state index contributed by atoms with van der Waals surface area (Å²) in [6.07, 6.45) is 6.69. The predicted molar refractivity (Wildman–Crippen MR) is 114 cm³/mol. The van der Waals surface area contributed by atoms with Crippen LogP contribution in [0.3, 0.4) is 0 Å². The van der Waals surface area contributed by atoms with E-state index >= 15 is 0 Å². The van der Waals surface area contributed by atoms with E-state index in [0.717, 1.165) is 24.6 Å². The molecule has 0 bridgehead atoms. The van der Waals surface area contributed by atoms with Gasteiger partial charge >= 0.3 is 0 Å². The smallest absolute Gasteiger partial charge is 0.243 e. The number of hydrogen-bond acceptors (Lipinski definition) is 3. The zero-order chi connectivity index (χ0) is 20.4. The summed E-state index contributed by atoms with van der Waals surface area (Å²) in [6.45, 7) is 6.55. The zero-order valence-electron chi connectivity index (χ0n) is 17.6. The van der Waals surface area contributed by atoms with Crippen molar-refractivity contribution in [1.29, 1.82) is 0 Å². The second-order valence-electron chi connectivity index (χ2n) is 8.54. The third-order valence-corrected chi connectivity index (χ3v) is 8.44. The number of nitrogens with one attached hydrogen (secondary N) is 1. The van der Waals surface area contributed by atoms with Crippen molar-refractivity contribution in [2.24, 2.45) is 10.4 Å². The Morgan fingerprint density at radius 3 is 2.43 bits per heavy atom. The second kappa shape index (κ2) is 8.41. The Labute approximate surface area is 170 Å². The number of benzene rings is 1. The van der Waals surface area contributed by atoms with E-state index in [1.54, 1.807) is 19.2 Å². The van der Waals surface area contributed by atoms with Gasteiger partial charge in [0.1, 0.15) is 0 Å². The van der Waals surface area contributed by atoms with E-state index in [0.29, 0.717) is 16.9 Å². The molecule has 6 nitrogen and oxygen atoms in total. The summed E-state index contributed by atoms with van der Waals surface area (Å²) in [7, 11) is 0.0144. The average Bonchev–Trinajstić information content (AvgIpc) is 3.32. The third kappa shape index (κ3) is 4.35. The maximum absolute atomic E-state index is 12.6. The van der Waals surface area contributed by atoms with Crippen LogP contribution in [0.15, 0.2) is 34.2 Å². The van der Waals surface area contributed by atoms with Crippen LogP contribution in [0, 0.1) is 5.41 Å². The van der Waals surface area contributed by atoms with Crippen molar-refractivity contribution in [1.82, 2.24) is 14.5 Å². The molecule has 7 heteroatoms. The summed E-state index contributed by atoms with van der Waals surface area (Å²) in [5, 5.41) is 3.45. The second-order valence-corrected chi connectivity index (χ2v) is 10.5. The molecular weight excluding hydrogens is 372 g/mol. The van der Waals surface area contributed by atoms with Gasteiger partial charge in [-0.2, -0.15) is 4.31 Å². The van der Waals surface area contributed by atoms with Gasteiger partial charge in [0.2, 0.25) is 10.0 Å². The Balaban J connectivity index is 1.60. The number of aliphatic imine (C=N–C) groups is 1. The van der Waals surface area contributed by atoms with Crippen molar-refractivity contribution < 1.29 is 8.42 Å². The van der Waals surface area contributed by atoms with Gasteiger partial charge in [-0.25, -0.2) is 8.42 Å². The minimum atomic E-state index is -3.44. The molecule has 0 atom stereocenters. The Morgan fingerprint density at radius 2 is 1.86 bits per heavy atom. The Morgan fingerprint density at radius 1 is 1.21 bits per heavy atom. The molecule has 0 aromatic heterocycles. The lowest BCUT2D eigenvalue weighted by molar-refractivity contribution is 0.309. The molecule has 1 N–H and O–H groups in total. The van der Waals surface area contributed by atoms with Crippen molar-refractivity contribution in [2.45, 2.75) is 63.4 Å². The standard InChI is InChI=1S/C21H34N4O2S/c1-17(2)24(4)28(26,27)19-9-7-18(8-10-19)15-23-20(22-3)25-14-13-21(16-25)11-5-6-12-21/h7-10,17H,5-6,11-16H2,1-4H3,(H,22,23). The van der Waals surface area contributed by atoms with Crippen LogP contribution in [0.2, 0.25) is 0 Å². The molecule has 0 amide bonds. The van der Waals surface area contributed by atoms with Crippen LogP contribution in [0.25, 0.3) is 0 Å². The molecule has 2 fully saturated rings. The number of guanidine groups is 1. The maximum atomic E-state index is 12.6. The van der Waals surface area contributed by atoms with E-state index in [1.165, 1.54) is 36.4 Å². The molecule has 1 saturated heterocycles. The highest BCUT2D eigenvalue weighted by Gasteiger charge is 2.41. The Bertz CT molecular complexity index is 796. The minimum absolute atomic E-state index is 0.0710. The van der Waals surface area contributed by atoms with Crippen molar-refractivity contribution in [3.05, 3.63) is 29.8 Å². The molecule has 0 unspecified atom stereocenters. The monoisotopic (exact) mass is 406 g/mol. The molecule has 1 aliphatic carbocycles. The molecule has 156 valence electrons. The first-order chi connectivity index (χ1) is 13.3. The highest BCUT2D eigenvalue weighted by Crippen LogP contribution is 2.45. The van der Waals surface area contributed by atoms with Crippen LogP contribution in [0.5, 0.6) is 0 Å². The van der Waals surface area contributed by atoms with Crippen LogP contribution in [0.4, 0.5) is 0 Å². The summed E-state index contributed by atoms with van der Waals surface area (Å²) in [5.41, 5.74) is 1.55. The first kappa shape index (κ1) is 21.1. The lowest BCUT2D eigenvalue weighted by Crippen LogP contribution is -2.40. The summed E-state index contributed by atoms with van der Waals surface area (Å²) < 4.78 is 26.6. The lowest BCUT2D eigenvalue weighted by atomic mass is 9.86. The fourth-order valence-electron chi connectivity index (χ4n) is 4.39. The topological polar surface area (TPSA) is 65.0 Å². The van der Waals surface area contributed by atoms with E-state index in [-0.39, 0.29) is 6.04 Å². The van der Waals surface area contributed by atoms with E-state index in [2.05, 4.69) is 15.2 Å². The van der Waals surface area contributed by atoms with Crippen LogP contribution in [-0.4, -0.2) is 56.8 Å². The van der Waals surface area contributed by atoms with Gasteiger partial charge in [0.15, 0.2) is 5.96 Å². The highest BCUT2D eigenvalue weighted by atomic mass is 32.2. The van der Waals surface area contributed by atoms with Gasteiger partial charge in [0.05, 0.1) is 4.90 Å². The molecule has 1 aromatic carbocycles. The van der Waals surface area contributed by atoms with Crippen molar-refractivity contribution >= 4 is 16.0 Å². The molecule has 2 aliphatic rings. The first-order valence-corrected chi connectivity index (χ1v) is 11.7. The van der Waals surface area contributed by atoms with E-state index in [4.69, 9.17) is 0 Å². The molecular formula is C21H34N4O2S. The molecule has 1 saturated carbocycles. The Hall–Kier alpha value is -1.60. The number of sulfonamides is 1. The molecule has 3 rings (SSSR count). The van der Waals surface area contributed by atoms with Crippen molar-refractivity contribution in [3.63, 3.8) is 0 Å². The van der Waals surface area contributed by atoms with Crippen LogP contribution < -0.4 is 5.32 Å². The summed E-state index contributed by atoms with van der Waals surface area (Å²) in [5.74, 6) is 0.944. The zero-order valence-corrected chi connectivity index (χ0v) is 18.4. The SMILES string of the molecule is CN=C(NCc1ccc(S(=O)(=O)N(C)C(C)C)cc1)N1CCC2(CCCC2)C1. The van der Waals surface area contributed by atoms with Crippen LogP contribution >= 0.6 is 0 Å². The van der Waals surface area contributed by atoms with Crippen molar-refractivity contribution in [2.75, 3.05) is 27.2 Å². The first-order valence-electron chi connectivity index (χ1n) is 10.3. The molecule has 1 spiro atoms. The largest absolute Gasteiger partial charge is 0.352 e. The lowest BCUT2D eigenvalue weighted by Gasteiger charge is -2.26. The minimum Gasteiger partial charge on any atom is -0.352 e. The number of nitrogens with zero attached hydrogens (tertiary/aromatic N) is 3. The molecule has 28 heavy (non-hydrogen) atoms. The van der Waals surface area contributed by atoms with Gasteiger partial charge in [0.25, 0.3) is 0 Å². The van der Waals surface area contributed by atoms with Gasteiger partial charge in [-0.15, -0.1) is 0 Å². The number of hydrogen-bond donors (Lipinski definition) is 1. The Kier molecular flexibility index (Phi) is 6.34. The third-order valence-electron chi connectivity index (χ3n) is 6.39. The summed E-state index contributed by atoms with van der Waals surface area (Å²) >= 11 is 0. The van der Waals surface area contributed by atoms with Gasteiger partial charge in [0, 0.05) is 39.8 Å². The molecule has 0 radical (unpaired) electrons. The quantitative estimate of drug-likeness (QED) is 0.603. The van der Waals surface area contributed by atoms with Crippen LogP contribution in [-0.2, 0) is 16.6 Å². The van der Waals surface area contributed by atoms with Gasteiger partial charge in [-0.1, -0.05) is 25.0 Å². The van der Waals surface area contributed by atoms with E-state index in [1.807, 2.05) is 33.0 Å². The average molecular weight is 407 g/mol. The fourth-order valence-corrected chi connectivity index (χ4v) is 5.75. The van der Waals surface area contributed by atoms with Gasteiger partial charge in [-0.3, -0.25) is 4.99 Å². The van der Waals surface area contributed by atoms with Gasteiger partial charge in [-0.05, 0) is 56.2 Å². The van der Waals surface area contributed by atoms with Crippen LogP contribution in [0.1, 0.15) is 51.5 Å². The van der Waals surface area contributed by atoms with Gasteiger partial charge < -0.3 is 10.2 Å². The van der Waals surface area contributed by atoms with E-state index < -0.39 is 10.0 Å². The van der Waals surface area contributed by atoms with E-state index in [9.17, 15) is 8.42 Å². The highest BCUT2D eigenvalue weighted by molar-refractivity contribution is 7.89. The summed E-state index contributed by atoms with van der Waals surface area (Å²) in [4.78, 5) is 7.18. The molecule has 1 heterocycles.